The minimum Gasteiger partial charge on any atom is -0.529 e. The summed E-state index contributed by atoms with van der Waals surface area (Å²) in [5.41, 5.74) is 1.12. The first-order valence-electron chi connectivity index (χ1n) is 11.5. The zero-order valence-electron chi connectivity index (χ0n) is 24.1. The van der Waals surface area contributed by atoms with E-state index in [4.69, 9.17) is 10.2 Å². The van der Waals surface area contributed by atoms with Crippen LogP contribution >= 0.6 is 0 Å². The van der Waals surface area contributed by atoms with E-state index >= 15 is 0 Å². The number of quaternary nitrogens is 2. The maximum Gasteiger partial charge on any atom is 0.257 e. The number of carbonyl (C=O) groups excluding carboxylic acids is 2. The van der Waals surface area contributed by atoms with E-state index in [-0.39, 0.29) is 22.1 Å². The van der Waals surface area contributed by atoms with Gasteiger partial charge in [-0.15, -0.1) is 9.66 Å². The van der Waals surface area contributed by atoms with E-state index in [0.29, 0.717) is 21.4 Å². The van der Waals surface area contributed by atoms with Gasteiger partial charge in [0.05, 0.1) is 35.1 Å². The number of rotatable bonds is 12. The second kappa shape index (κ2) is 17.9. The monoisotopic (exact) mass is 640 g/mol. The molecule has 42 heavy (non-hydrogen) atoms. The van der Waals surface area contributed by atoms with Crippen molar-refractivity contribution < 1.29 is 46.9 Å². The second-order valence-corrected chi connectivity index (χ2v) is 11.5. The van der Waals surface area contributed by atoms with Gasteiger partial charge < -0.3 is 52.9 Å². The third-order valence-corrected chi connectivity index (χ3v) is 7.33. The van der Waals surface area contributed by atoms with Crippen LogP contribution in [0.4, 0.5) is 21.0 Å². The van der Waals surface area contributed by atoms with Crippen molar-refractivity contribution in [3.63, 3.8) is 0 Å². The lowest BCUT2D eigenvalue weighted by Gasteiger charge is -2.26. The van der Waals surface area contributed by atoms with Gasteiger partial charge in [0.1, 0.15) is 0 Å². The Morgan fingerprint density at radius 3 is 1.29 bits per heavy atom. The first-order valence-corrected chi connectivity index (χ1v) is 14.4. The lowest BCUT2D eigenvalue weighted by molar-refractivity contribution is -0.269. The van der Waals surface area contributed by atoms with E-state index in [1.807, 2.05) is 9.66 Å². The first kappa shape index (κ1) is 40.4. The van der Waals surface area contributed by atoms with Crippen LogP contribution in [-0.4, -0.2) is 88.6 Å². The number of amides is 2. The summed E-state index contributed by atoms with van der Waals surface area (Å²) in [6.07, 6.45) is -5.59. The molecule has 0 saturated carbocycles. The lowest BCUT2D eigenvalue weighted by Crippen LogP contribution is -2.53. The summed E-state index contributed by atoms with van der Waals surface area (Å²) in [4.78, 5) is 25.1. The number of nitrogens with zero attached hydrogens (tertiary/aromatic N) is 2. The highest BCUT2D eigenvalue weighted by Crippen LogP contribution is 2.16. The van der Waals surface area contributed by atoms with Gasteiger partial charge in [-0.3, -0.25) is 10.0 Å². The maximum absolute atomic E-state index is 12.0. The lowest BCUT2D eigenvalue weighted by atomic mass is 10.3. The molecule has 0 aliphatic rings. The van der Waals surface area contributed by atoms with Crippen LogP contribution in [0.5, 0.6) is 0 Å². The van der Waals surface area contributed by atoms with Gasteiger partial charge in [-0.2, -0.15) is 0 Å². The van der Waals surface area contributed by atoms with Crippen molar-refractivity contribution in [3.05, 3.63) is 48.5 Å². The standard InChI is InChI=1S/2C11H17N3O5S.2H3N/c2*1-8(15)7-14(11(16)17)13-20(18,19)10-5-3-4-9(6-10)12-2;;/h2*3-6,8,12-13,15H,7H2,1-2H3,(H,16,17);2*1H3. The molecule has 2 rings (SSSR count). The maximum atomic E-state index is 12.0. The van der Waals surface area contributed by atoms with Crippen molar-refractivity contribution in [3.8, 4) is 0 Å². The Morgan fingerprint density at radius 1 is 0.738 bits per heavy atom. The van der Waals surface area contributed by atoms with Crippen molar-refractivity contribution in [2.45, 2.75) is 35.8 Å². The van der Waals surface area contributed by atoms with Crippen LogP contribution in [-0.2, 0) is 20.0 Å². The molecule has 14 N–H and O–H groups in total. The zero-order chi connectivity index (χ0) is 30.7. The molecule has 0 radical (unpaired) electrons. The molecule has 0 aromatic heterocycles. The number of benzene rings is 2. The Labute approximate surface area is 244 Å². The third-order valence-electron chi connectivity index (χ3n) is 4.66. The van der Waals surface area contributed by atoms with Gasteiger partial charge >= 0.3 is 0 Å². The Bertz CT molecular complexity index is 1250. The molecule has 2 aromatic rings. The van der Waals surface area contributed by atoms with Gasteiger partial charge in [0.25, 0.3) is 20.0 Å². The second-order valence-electron chi connectivity index (χ2n) is 8.20. The van der Waals surface area contributed by atoms with Crippen LogP contribution in [0.25, 0.3) is 0 Å². The molecule has 2 atom stereocenters. The quantitative estimate of drug-likeness (QED) is 0.125. The molecule has 0 bridgehead atoms. The van der Waals surface area contributed by atoms with Crippen LogP contribution in [0.2, 0.25) is 0 Å². The summed E-state index contributed by atoms with van der Waals surface area (Å²) >= 11 is 0. The molecule has 2 unspecified atom stereocenters. The van der Waals surface area contributed by atoms with Crippen LogP contribution in [0, 0.1) is 0 Å². The van der Waals surface area contributed by atoms with Gasteiger partial charge in [-0.05, 0) is 50.2 Å². The highest BCUT2D eigenvalue weighted by molar-refractivity contribution is 7.89. The van der Waals surface area contributed by atoms with Crippen molar-refractivity contribution in [2.24, 2.45) is 0 Å². The number of hydrazine groups is 2. The van der Waals surface area contributed by atoms with Crippen molar-refractivity contribution >= 4 is 43.6 Å². The number of aliphatic hydroxyl groups excluding tert-OH is 2. The van der Waals surface area contributed by atoms with E-state index in [1.165, 1.54) is 50.2 Å². The Kier molecular flexibility index (Phi) is 17.2. The van der Waals surface area contributed by atoms with Crippen LogP contribution in [0.15, 0.2) is 58.3 Å². The number of carboxylic acid groups (broad SMARTS) is 2. The molecule has 0 saturated heterocycles. The minimum absolute atomic E-state index is 0. The molecule has 0 aliphatic heterocycles. The molecule has 2 amide bonds. The van der Waals surface area contributed by atoms with E-state index in [9.17, 15) is 36.6 Å². The van der Waals surface area contributed by atoms with Crippen LogP contribution < -0.4 is 42.8 Å². The summed E-state index contributed by atoms with van der Waals surface area (Å²) in [7, 11) is -4.91. The number of hydrogen-bond donors (Lipinski definition) is 8. The predicted molar refractivity (Wildman–Crippen MR) is 152 cm³/mol. The Morgan fingerprint density at radius 2 is 1.05 bits per heavy atom. The molecule has 240 valence electrons. The molecular weight excluding hydrogens is 600 g/mol. The SMILES string of the molecule is CNc1cccc(S(=O)(=O)NN(CC(C)O)C(=O)[O-])c1.CNc1cccc(S(=O)(=O)NN(CC(C)O)C(=O)[O-])c1.[NH4+].[NH4+]. The van der Waals surface area contributed by atoms with Crippen LogP contribution in [0.1, 0.15) is 13.8 Å². The minimum atomic E-state index is -4.08. The number of carbonyl (C=O) groups is 2. The largest absolute Gasteiger partial charge is 0.529 e. The van der Waals surface area contributed by atoms with Crippen molar-refractivity contribution in [2.75, 3.05) is 37.8 Å². The normalized spacial score (nSPS) is 12.1. The summed E-state index contributed by atoms with van der Waals surface area (Å²) in [6, 6.07) is 11.7. The highest BCUT2D eigenvalue weighted by atomic mass is 32.2. The predicted octanol–water partition coefficient (Wildman–Crippen LogP) is -1.35. The van der Waals surface area contributed by atoms with Crippen LogP contribution in [0.3, 0.4) is 0 Å². The fraction of sp³-hybridized carbons (Fsp3) is 0.364. The van der Waals surface area contributed by atoms with E-state index in [1.54, 1.807) is 26.2 Å². The zero-order valence-corrected chi connectivity index (χ0v) is 25.7. The van der Waals surface area contributed by atoms with Gasteiger partial charge in [0, 0.05) is 25.5 Å². The molecule has 0 fully saturated rings. The molecule has 0 heterocycles. The number of hydrogen-bond acceptors (Lipinski definition) is 12. The number of aliphatic hydroxyl groups is 2. The molecule has 2 aromatic carbocycles. The van der Waals surface area contributed by atoms with Gasteiger partial charge in [-0.25, -0.2) is 16.8 Å². The molecule has 0 aliphatic carbocycles. The molecule has 18 nitrogen and oxygen atoms in total. The summed E-state index contributed by atoms with van der Waals surface area (Å²) < 4.78 is 48.2. The molecular formula is C22H40N8O10S2. The summed E-state index contributed by atoms with van der Waals surface area (Å²) in [5, 5.41) is 46.1. The van der Waals surface area contributed by atoms with Crippen molar-refractivity contribution in [1.29, 1.82) is 0 Å². The van der Waals surface area contributed by atoms with E-state index in [0.717, 1.165) is 0 Å². The van der Waals surface area contributed by atoms with E-state index < -0.39 is 57.5 Å². The van der Waals surface area contributed by atoms with Gasteiger partial charge in [-0.1, -0.05) is 12.1 Å². The van der Waals surface area contributed by atoms with Gasteiger partial charge in [0.2, 0.25) is 0 Å². The summed E-state index contributed by atoms with van der Waals surface area (Å²) in [5.74, 6) is 0. The Balaban J connectivity index is 0. The fourth-order valence-electron chi connectivity index (χ4n) is 2.86. The Hall–Kier alpha value is -3.76. The third kappa shape index (κ3) is 13.3. The topological polar surface area (TPSA) is 317 Å². The molecule has 0 spiro atoms. The average Bonchev–Trinajstić information content (AvgIpc) is 2.87. The number of anilines is 2. The van der Waals surface area contributed by atoms with Crippen molar-refractivity contribution in [1.82, 2.24) is 32.0 Å². The fourth-order valence-corrected chi connectivity index (χ4v) is 5.03. The number of sulfonamides is 2. The average molecular weight is 641 g/mol. The first-order chi connectivity index (χ1) is 18.5. The number of nitrogens with one attached hydrogen (secondary N) is 4. The van der Waals surface area contributed by atoms with Gasteiger partial charge in [0.15, 0.2) is 12.2 Å². The summed E-state index contributed by atoms with van der Waals surface area (Å²) in [6.45, 7) is 1.78. The smallest absolute Gasteiger partial charge is 0.257 e. The van der Waals surface area contributed by atoms with E-state index in [2.05, 4.69) is 10.6 Å². The highest BCUT2D eigenvalue weighted by Gasteiger charge is 2.21. The molecule has 20 heteroatoms.